The van der Waals surface area contributed by atoms with Crippen molar-refractivity contribution in [3.63, 3.8) is 0 Å². The molecule has 0 aliphatic rings. The topological polar surface area (TPSA) is 86.7 Å². The molecule has 0 aromatic rings. The van der Waals surface area contributed by atoms with Gasteiger partial charge in [-0.3, -0.25) is 0 Å². The summed E-state index contributed by atoms with van der Waals surface area (Å²) in [5.41, 5.74) is 0. The molecule has 0 heterocycles. The molecule has 0 spiro atoms. The van der Waals surface area contributed by atoms with E-state index in [2.05, 4.69) is 6.58 Å². The maximum atomic E-state index is 10.7. The van der Waals surface area contributed by atoms with Crippen molar-refractivity contribution in [1.29, 1.82) is 0 Å². The van der Waals surface area contributed by atoms with E-state index in [4.69, 9.17) is 9.63 Å². The van der Waals surface area contributed by atoms with Crippen molar-refractivity contribution in [2.75, 3.05) is 40.0 Å². The van der Waals surface area contributed by atoms with E-state index in [1.165, 1.54) is 0 Å². The highest BCUT2D eigenvalue weighted by Crippen LogP contribution is 2.28. The van der Waals surface area contributed by atoms with Gasteiger partial charge in [0.15, 0.2) is 0 Å². The molecule has 1 unspecified atom stereocenters. The smallest absolute Gasteiger partial charge is 0.330 e. The molecule has 0 saturated heterocycles. The molecule has 0 amide bonds. The fourth-order valence-corrected chi connectivity index (χ4v) is 1.76. The van der Waals surface area contributed by atoms with Crippen LogP contribution in [-0.2, 0) is 14.1 Å². The number of hydrogen-bond acceptors (Lipinski definition) is 4. The van der Waals surface area contributed by atoms with Gasteiger partial charge in [-0.15, -0.1) is 0 Å². The van der Waals surface area contributed by atoms with Crippen molar-refractivity contribution in [1.82, 2.24) is 0 Å². The van der Waals surface area contributed by atoms with Gasteiger partial charge < -0.3 is 23.6 Å². The van der Waals surface area contributed by atoms with Gasteiger partial charge in [0.25, 0.3) is 0 Å². The zero-order chi connectivity index (χ0) is 12.8. The second kappa shape index (κ2) is 6.15. The number of carbonyl (C=O) groups excluding carboxylic acids is 1. The van der Waals surface area contributed by atoms with E-state index in [1.807, 2.05) is 0 Å². The Balaban J connectivity index is 3.91. The zero-order valence-corrected chi connectivity index (χ0v) is 10.5. The molecule has 1 atom stereocenters. The number of ether oxygens (including phenoxy) is 1. The first-order valence-corrected chi connectivity index (χ1v) is 6.56. The lowest BCUT2D eigenvalue weighted by Gasteiger charge is -2.31. The number of carbonyl (C=O) groups is 1. The highest BCUT2D eigenvalue weighted by atomic mass is 31.2. The Bertz CT molecular complexity index is 296. The van der Waals surface area contributed by atoms with E-state index in [1.54, 1.807) is 14.1 Å². The molecule has 1 N–H and O–H groups in total. The Morgan fingerprint density at radius 1 is 1.56 bits per heavy atom. The van der Waals surface area contributed by atoms with E-state index in [-0.39, 0.29) is 19.3 Å². The maximum absolute atomic E-state index is 10.7. The molecule has 6 nitrogen and oxygen atoms in total. The molecule has 0 aromatic carbocycles. The van der Waals surface area contributed by atoms with Gasteiger partial charge in [0, 0.05) is 6.08 Å². The van der Waals surface area contributed by atoms with Crippen molar-refractivity contribution in [2.24, 2.45) is 0 Å². The number of rotatable bonds is 7. The van der Waals surface area contributed by atoms with Crippen LogP contribution in [0.1, 0.15) is 0 Å². The first-order valence-electron chi connectivity index (χ1n) is 4.80. The normalized spacial score (nSPS) is 15.2. The lowest BCUT2D eigenvalue weighted by Crippen LogP contribution is -2.44. The third kappa shape index (κ3) is 8.61. The van der Waals surface area contributed by atoms with Crippen molar-refractivity contribution < 1.29 is 28.4 Å². The fraction of sp³-hybridized carbons (Fsp3) is 0.667. The van der Waals surface area contributed by atoms with Crippen LogP contribution in [0.25, 0.3) is 0 Å². The van der Waals surface area contributed by atoms with Gasteiger partial charge in [-0.05, 0) is 0 Å². The Hall–Kier alpha value is -0.680. The summed E-state index contributed by atoms with van der Waals surface area (Å²) >= 11 is 0. The molecule has 0 fully saturated rings. The highest BCUT2D eigenvalue weighted by Gasteiger charge is 2.18. The van der Waals surface area contributed by atoms with Crippen LogP contribution < -0.4 is 4.89 Å². The number of likely N-dealkylation sites (N-methyl/N-ethyl adjacent to an activating group) is 1. The van der Waals surface area contributed by atoms with E-state index < -0.39 is 13.6 Å². The molecule has 94 valence electrons. The third-order valence-corrected chi connectivity index (χ3v) is 2.86. The van der Waals surface area contributed by atoms with E-state index in [9.17, 15) is 14.3 Å². The Labute approximate surface area is 95.3 Å². The predicted octanol–water partition coefficient (Wildman–Crippen LogP) is -0.662. The van der Waals surface area contributed by atoms with Crippen LogP contribution >= 0.6 is 7.60 Å². The summed E-state index contributed by atoms with van der Waals surface area (Å²) < 4.78 is 15.7. The predicted molar refractivity (Wildman–Crippen MR) is 57.7 cm³/mol. The van der Waals surface area contributed by atoms with E-state index in [0.717, 1.165) is 6.08 Å². The first kappa shape index (κ1) is 15.3. The molecule has 0 aromatic heterocycles. The van der Waals surface area contributed by atoms with Crippen LogP contribution in [-0.4, -0.2) is 55.3 Å². The summed E-state index contributed by atoms with van der Waals surface area (Å²) in [6.07, 6.45) is 0.787. The van der Waals surface area contributed by atoms with Crippen molar-refractivity contribution in [3.05, 3.63) is 12.7 Å². The Morgan fingerprint density at radius 2 is 2.12 bits per heavy atom. The van der Waals surface area contributed by atoms with Crippen LogP contribution in [0.15, 0.2) is 12.7 Å². The summed E-state index contributed by atoms with van der Waals surface area (Å²) in [5.74, 6) is -0.503. The summed E-state index contributed by atoms with van der Waals surface area (Å²) in [4.78, 5) is 29.9. The van der Waals surface area contributed by atoms with Crippen LogP contribution in [0, 0.1) is 0 Å². The Kier molecular flexibility index (Phi) is 5.89. The summed E-state index contributed by atoms with van der Waals surface area (Å²) in [6.45, 7) is 4.18. The monoisotopic (exact) mass is 251 g/mol. The number of quaternary nitrogens is 1. The van der Waals surface area contributed by atoms with Gasteiger partial charge in [-0.25, -0.2) is 4.79 Å². The van der Waals surface area contributed by atoms with Gasteiger partial charge in [0.2, 0.25) is 0 Å². The van der Waals surface area contributed by atoms with Gasteiger partial charge >= 0.3 is 5.97 Å². The van der Waals surface area contributed by atoms with Crippen molar-refractivity contribution in [3.8, 4) is 0 Å². The largest absolute Gasteiger partial charge is 0.778 e. The lowest BCUT2D eigenvalue weighted by molar-refractivity contribution is -0.888. The van der Waals surface area contributed by atoms with Gasteiger partial charge in [-0.1, -0.05) is 6.58 Å². The van der Waals surface area contributed by atoms with Crippen LogP contribution in [0.3, 0.4) is 0 Å². The maximum Gasteiger partial charge on any atom is 0.330 e. The zero-order valence-electron chi connectivity index (χ0n) is 9.59. The number of hydrogen-bond donors (Lipinski definition) is 1. The molecule has 0 saturated carbocycles. The summed E-state index contributed by atoms with van der Waals surface area (Å²) in [7, 11) is -0.630. The summed E-state index contributed by atoms with van der Waals surface area (Å²) in [5, 5.41) is 0. The molecule has 0 radical (unpaired) electrons. The standard InChI is InChI=1S/C9H18NO5P/c1-4-9(11)15-7-5-10(2,3)6-8-16(12,13)14/h4H,1,5-8H2,2-3H3,(H-,12,13,14). The van der Waals surface area contributed by atoms with Crippen LogP contribution in [0.5, 0.6) is 0 Å². The average molecular weight is 251 g/mol. The molecule has 0 bridgehead atoms. The fourth-order valence-electron chi connectivity index (χ4n) is 0.961. The van der Waals surface area contributed by atoms with E-state index >= 15 is 0 Å². The van der Waals surface area contributed by atoms with Crippen molar-refractivity contribution >= 4 is 13.6 Å². The number of nitrogens with zero attached hydrogens (tertiary/aromatic N) is 1. The first-order chi connectivity index (χ1) is 7.16. The molecule has 0 aliphatic carbocycles. The SMILES string of the molecule is C=CC(=O)OCC[N+](C)(C)CCP(=O)([O-])O. The molecule has 16 heavy (non-hydrogen) atoms. The summed E-state index contributed by atoms with van der Waals surface area (Å²) in [6, 6.07) is 0. The molecular formula is C9H18NO5P. The molecule has 0 rings (SSSR count). The minimum absolute atomic E-state index is 0.187. The van der Waals surface area contributed by atoms with Crippen molar-refractivity contribution in [2.45, 2.75) is 0 Å². The molecule has 0 aliphatic heterocycles. The van der Waals surface area contributed by atoms with Gasteiger partial charge in [0.1, 0.15) is 20.7 Å². The average Bonchev–Trinajstić information content (AvgIpc) is 2.13. The van der Waals surface area contributed by atoms with E-state index in [0.29, 0.717) is 11.0 Å². The van der Waals surface area contributed by atoms with Crippen LogP contribution in [0.2, 0.25) is 0 Å². The minimum atomic E-state index is -4.21. The molecular weight excluding hydrogens is 233 g/mol. The highest BCUT2D eigenvalue weighted by molar-refractivity contribution is 7.50. The second-order valence-corrected chi connectivity index (χ2v) is 5.84. The minimum Gasteiger partial charge on any atom is -0.778 e. The van der Waals surface area contributed by atoms with Gasteiger partial charge in [0.05, 0.1) is 26.8 Å². The number of esters is 1. The molecule has 7 heteroatoms. The lowest BCUT2D eigenvalue weighted by atomic mass is 10.4. The van der Waals surface area contributed by atoms with Crippen LogP contribution in [0.4, 0.5) is 0 Å². The third-order valence-electron chi connectivity index (χ3n) is 2.10. The second-order valence-electron chi connectivity index (χ2n) is 4.12. The van der Waals surface area contributed by atoms with Gasteiger partial charge in [-0.2, -0.15) is 0 Å². The quantitative estimate of drug-likeness (QED) is 0.281. The Morgan fingerprint density at radius 3 is 2.56 bits per heavy atom.